The van der Waals surface area contributed by atoms with Gasteiger partial charge < -0.3 is 9.47 Å². The number of rotatable bonds is 4. The predicted octanol–water partition coefficient (Wildman–Crippen LogP) is 1.70. The lowest BCUT2D eigenvalue weighted by Gasteiger charge is -2.36. The number of esters is 2. The number of nitrogens with one attached hydrogen (secondary N) is 2. The van der Waals surface area contributed by atoms with Gasteiger partial charge in [-0.1, -0.05) is 30.3 Å². The minimum Gasteiger partial charge on any atom is -0.459 e. The largest absolute Gasteiger partial charge is 0.459 e. The van der Waals surface area contributed by atoms with Crippen molar-refractivity contribution in [3.8, 4) is 0 Å². The molecule has 0 spiro atoms. The first kappa shape index (κ1) is 17.4. The SMILES string of the molecule is CC(C)(C)OC(=O)[C@@]1(C(=O)OCc2ccccc2)CCCNN1. The van der Waals surface area contributed by atoms with Crippen molar-refractivity contribution < 1.29 is 19.1 Å². The molecule has 0 amide bonds. The van der Waals surface area contributed by atoms with Crippen molar-refractivity contribution in [1.29, 1.82) is 0 Å². The highest BCUT2D eigenvalue weighted by Gasteiger charge is 2.51. The van der Waals surface area contributed by atoms with Crippen molar-refractivity contribution >= 4 is 11.9 Å². The summed E-state index contributed by atoms with van der Waals surface area (Å²) in [5, 5.41) is 0. The van der Waals surface area contributed by atoms with E-state index in [1.54, 1.807) is 20.8 Å². The molecule has 1 fully saturated rings. The molecule has 1 heterocycles. The molecule has 0 saturated carbocycles. The van der Waals surface area contributed by atoms with E-state index in [4.69, 9.17) is 9.47 Å². The van der Waals surface area contributed by atoms with E-state index in [1.165, 1.54) is 0 Å². The molecule has 0 aromatic heterocycles. The Morgan fingerprint density at radius 2 is 1.87 bits per heavy atom. The van der Waals surface area contributed by atoms with E-state index >= 15 is 0 Å². The van der Waals surface area contributed by atoms with E-state index in [0.717, 1.165) is 5.56 Å². The van der Waals surface area contributed by atoms with Crippen molar-refractivity contribution in [3.05, 3.63) is 35.9 Å². The Balaban J connectivity index is 2.10. The van der Waals surface area contributed by atoms with E-state index in [0.29, 0.717) is 19.4 Å². The number of benzene rings is 1. The lowest BCUT2D eigenvalue weighted by Crippen LogP contribution is -2.67. The van der Waals surface area contributed by atoms with Gasteiger partial charge in [-0.2, -0.15) is 0 Å². The summed E-state index contributed by atoms with van der Waals surface area (Å²) >= 11 is 0. The van der Waals surface area contributed by atoms with Crippen molar-refractivity contribution in [3.63, 3.8) is 0 Å². The van der Waals surface area contributed by atoms with Crippen LogP contribution in [0, 0.1) is 0 Å². The van der Waals surface area contributed by atoms with Gasteiger partial charge in [-0.25, -0.2) is 15.0 Å². The number of hydrazine groups is 1. The summed E-state index contributed by atoms with van der Waals surface area (Å²) < 4.78 is 10.8. The van der Waals surface area contributed by atoms with Crippen LogP contribution < -0.4 is 10.9 Å². The topological polar surface area (TPSA) is 76.7 Å². The third-order valence-corrected chi connectivity index (χ3v) is 3.46. The van der Waals surface area contributed by atoms with Gasteiger partial charge in [0.25, 0.3) is 0 Å². The molecule has 126 valence electrons. The van der Waals surface area contributed by atoms with Gasteiger partial charge in [0.15, 0.2) is 0 Å². The molecule has 23 heavy (non-hydrogen) atoms. The van der Waals surface area contributed by atoms with Gasteiger partial charge in [0.05, 0.1) is 0 Å². The summed E-state index contributed by atoms with van der Waals surface area (Å²) in [4.78, 5) is 25.2. The molecule has 0 radical (unpaired) electrons. The highest BCUT2D eigenvalue weighted by molar-refractivity contribution is 6.05. The molecule has 1 aliphatic rings. The lowest BCUT2D eigenvalue weighted by atomic mass is 9.92. The maximum atomic E-state index is 12.6. The molecule has 2 rings (SSSR count). The Labute approximate surface area is 136 Å². The van der Waals surface area contributed by atoms with Gasteiger partial charge in [0, 0.05) is 6.54 Å². The lowest BCUT2D eigenvalue weighted by molar-refractivity contribution is -0.177. The number of hydrogen-bond donors (Lipinski definition) is 2. The van der Waals surface area contributed by atoms with Crippen LogP contribution in [0.1, 0.15) is 39.2 Å². The van der Waals surface area contributed by atoms with E-state index in [2.05, 4.69) is 10.9 Å². The van der Waals surface area contributed by atoms with Crippen LogP contribution in [0.25, 0.3) is 0 Å². The van der Waals surface area contributed by atoms with Crippen LogP contribution >= 0.6 is 0 Å². The number of carbonyl (C=O) groups is 2. The molecule has 6 nitrogen and oxygen atoms in total. The molecular formula is C17H24N2O4. The van der Waals surface area contributed by atoms with Crippen molar-refractivity contribution in [1.82, 2.24) is 10.9 Å². The third kappa shape index (κ3) is 4.53. The van der Waals surface area contributed by atoms with E-state index in [9.17, 15) is 9.59 Å². The van der Waals surface area contributed by atoms with Gasteiger partial charge in [0.1, 0.15) is 12.2 Å². The molecule has 1 aliphatic heterocycles. The van der Waals surface area contributed by atoms with Crippen LogP contribution in [0.4, 0.5) is 0 Å². The molecule has 1 aromatic rings. The summed E-state index contributed by atoms with van der Waals surface area (Å²) in [6, 6.07) is 9.35. The zero-order chi connectivity index (χ0) is 16.9. The Bertz CT molecular complexity index is 545. The van der Waals surface area contributed by atoms with E-state index in [-0.39, 0.29) is 6.61 Å². The Morgan fingerprint density at radius 1 is 1.17 bits per heavy atom. The van der Waals surface area contributed by atoms with Crippen molar-refractivity contribution in [2.75, 3.05) is 6.54 Å². The number of carbonyl (C=O) groups excluding carboxylic acids is 2. The monoisotopic (exact) mass is 320 g/mol. The fourth-order valence-electron chi connectivity index (χ4n) is 2.32. The zero-order valence-electron chi connectivity index (χ0n) is 13.8. The highest BCUT2D eigenvalue weighted by atomic mass is 16.6. The standard InChI is InChI=1S/C17H24N2O4/c1-16(2,3)23-15(21)17(10-7-11-18-19-17)14(20)22-12-13-8-5-4-6-9-13/h4-6,8-9,18-19H,7,10-12H2,1-3H3/t17-/m0/s1. The van der Waals surface area contributed by atoms with Crippen LogP contribution in [0.5, 0.6) is 0 Å². The first-order valence-electron chi connectivity index (χ1n) is 7.78. The molecule has 0 bridgehead atoms. The second-order valence-corrected chi connectivity index (χ2v) is 6.62. The molecule has 2 N–H and O–H groups in total. The van der Waals surface area contributed by atoms with Gasteiger partial charge >= 0.3 is 11.9 Å². The fourth-order valence-corrected chi connectivity index (χ4v) is 2.32. The highest BCUT2D eigenvalue weighted by Crippen LogP contribution is 2.23. The second kappa shape index (κ2) is 7.10. The average Bonchev–Trinajstić information content (AvgIpc) is 2.52. The van der Waals surface area contributed by atoms with Crippen molar-refractivity contribution in [2.45, 2.75) is 51.4 Å². The minimum absolute atomic E-state index is 0.117. The van der Waals surface area contributed by atoms with Crippen LogP contribution in [0.15, 0.2) is 30.3 Å². The van der Waals surface area contributed by atoms with E-state index in [1.807, 2.05) is 30.3 Å². The zero-order valence-corrected chi connectivity index (χ0v) is 13.8. The molecular weight excluding hydrogens is 296 g/mol. The molecule has 1 saturated heterocycles. The second-order valence-electron chi connectivity index (χ2n) is 6.62. The summed E-state index contributed by atoms with van der Waals surface area (Å²) in [6.07, 6.45) is 1.01. The molecule has 1 atom stereocenters. The summed E-state index contributed by atoms with van der Waals surface area (Å²) in [6.45, 7) is 6.10. The average molecular weight is 320 g/mol. The first-order chi connectivity index (χ1) is 10.8. The summed E-state index contributed by atoms with van der Waals surface area (Å²) in [5.41, 5.74) is 4.35. The first-order valence-corrected chi connectivity index (χ1v) is 7.78. The minimum atomic E-state index is -1.50. The number of ether oxygens (including phenoxy) is 2. The Morgan fingerprint density at radius 3 is 2.43 bits per heavy atom. The van der Waals surface area contributed by atoms with Gasteiger partial charge in [-0.15, -0.1) is 0 Å². The quantitative estimate of drug-likeness (QED) is 0.649. The Kier molecular flexibility index (Phi) is 5.38. The maximum absolute atomic E-state index is 12.6. The molecule has 0 unspecified atom stereocenters. The normalized spacial score (nSPS) is 21.5. The third-order valence-electron chi connectivity index (χ3n) is 3.46. The van der Waals surface area contributed by atoms with Crippen LogP contribution in [0.2, 0.25) is 0 Å². The van der Waals surface area contributed by atoms with Crippen LogP contribution in [0.3, 0.4) is 0 Å². The fraction of sp³-hybridized carbons (Fsp3) is 0.529. The summed E-state index contributed by atoms with van der Waals surface area (Å²) in [7, 11) is 0. The Hall–Kier alpha value is -1.92. The van der Waals surface area contributed by atoms with E-state index < -0.39 is 23.1 Å². The predicted molar refractivity (Wildman–Crippen MR) is 85.2 cm³/mol. The van der Waals surface area contributed by atoms with Gasteiger partial charge in [0.2, 0.25) is 5.54 Å². The maximum Gasteiger partial charge on any atom is 0.339 e. The molecule has 0 aliphatic carbocycles. The van der Waals surface area contributed by atoms with Crippen LogP contribution in [-0.2, 0) is 25.7 Å². The molecule has 1 aromatic carbocycles. The smallest absolute Gasteiger partial charge is 0.339 e. The van der Waals surface area contributed by atoms with Gasteiger partial charge in [-0.3, -0.25) is 5.43 Å². The van der Waals surface area contributed by atoms with Gasteiger partial charge in [-0.05, 0) is 39.2 Å². The van der Waals surface area contributed by atoms with Crippen LogP contribution in [-0.4, -0.2) is 29.6 Å². The summed E-state index contributed by atoms with van der Waals surface area (Å²) in [5.74, 6) is -1.24. The molecule has 6 heteroatoms. The number of hydrogen-bond acceptors (Lipinski definition) is 6. The van der Waals surface area contributed by atoms with Crippen molar-refractivity contribution in [2.24, 2.45) is 0 Å².